The van der Waals surface area contributed by atoms with Crippen molar-refractivity contribution in [3.05, 3.63) is 30.0 Å². The zero-order valence-electron chi connectivity index (χ0n) is 11.3. The van der Waals surface area contributed by atoms with Gasteiger partial charge in [0.25, 0.3) is 5.91 Å². The van der Waals surface area contributed by atoms with Crippen LogP contribution < -0.4 is 16.4 Å². The molecular formula is C14H18N4O2. The minimum absolute atomic E-state index is 0.0314. The molecule has 1 aromatic carbocycles. The zero-order valence-corrected chi connectivity index (χ0v) is 11.3. The first-order valence-corrected chi connectivity index (χ1v) is 6.53. The van der Waals surface area contributed by atoms with Crippen LogP contribution in [0.5, 0.6) is 0 Å². The smallest absolute Gasteiger partial charge is 0.268 e. The lowest BCUT2D eigenvalue weighted by atomic mass is 10.2. The molecule has 6 heteroatoms. The van der Waals surface area contributed by atoms with Crippen molar-refractivity contribution in [1.29, 1.82) is 0 Å². The second kappa shape index (κ2) is 6.10. The molecule has 0 spiro atoms. The number of H-pyrrole nitrogens is 1. The summed E-state index contributed by atoms with van der Waals surface area (Å²) in [7, 11) is 0. The summed E-state index contributed by atoms with van der Waals surface area (Å²) in [6, 6.07) is 7.08. The molecule has 0 saturated heterocycles. The fourth-order valence-electron chi connectivity index (χ4n) is 1.86. The predicted molar refractivity (Wildman–Crippen MR) is 78.3 cm³/mol. The molecule has 2 aromatic rings. The molecule has 0 aliphatic rings. The van der Waals surface area contributed by atoms with Crippen LogP contribution >= 0.6 is 0 Å². The van der Waals surface area contributed by atoms with Crippen molar-refractivity contribution in [2.24, 2.45) is 0 Å². The largest absolute Gasteiger partial charge is 0.399 e. The number of hydrogen-bond acceptors (Lipinski definition) is 3. The van der Waals surface area contributed by atoms with E-state index < -0.39 is 0 Å². The lowest BCUT2D eigenvalue weighted by Crippen LogP contribution is -2.37. The Morgan fingerprint density at radius 3 is 2.80 bits per heavy atom. The molecule has 1 heterocycles. The lowest BCUT2D eigenvalue weighted by molar-refractivity contribution is -0.120. The monoisotopic (exact) mass is 274 g/mol. The Balaban J connectivity index is 1.99. The molecule has 1 aromatic heterocycles. The van der Waals surface area contributed by atoms with Crippen molar-refractivity contribution >= 4 is 28.4 Å². The Hall–Kier alpha value is -2.50. The van der Waals surface area contributed by atoms with E-state index >= 15 is 0 Å². The number of aromatic amines is 1. The van der Waals surface area contributed by atoms with E-state index in [-0.39, 0.29) is 18.4 Å². The van der Waals surface area contributed by atoms with E-state index in [0.717, 1.165) is 17.3 Å². The molecule has 2 amide bonds. The molecule has 0 bridgehead atoms. The Morgan fingerprint density at radius 2 is 2.05 bits per heavy atom. The highest BCUT2D eigenvalue weighted by atomic mass is 16.2. The molecule has 0 unspecified atom stereocenters. The summed E-state index contributed by atoms with van der Waals surface area (Å²) in [5.74, 6) is -0.507. The summed E-state index contributed by atoms with van der Waals surface area (Å²) in [6.07, 6.45) is 0.864. The molecule has 106 valence electrons. The molecule has 0 aliphatic heterocycles. The number of anilines is 1. The molecule has 6 nitrogen and oxygen atoms in total. The second-order valence-electron chi connectivity index (χ2n) is 4.56. The highest BCUT2D eigenvalue weighted by Crippen LogP contribution is 2.18. The number of nitrogens with one attached hydrogen (secondary N) is 3. The van der Waals surface area contributed by atoms with Gasteiger partial charge in [-0.1, -0.05) is 6.92 Å². The van der Waals surface area contributed by atoms with Gasteiger partial charge in [0, 0.05) is 23.1 Å². The first kappa shape index (κ1) is 13.9. The van der Waals surface area contributed by atoms with Crippen molar-refractivity contribution in [3.8, 4) is 0 Å². The highest BCUT2D eigenvalue weighted by Gasteiger charge is 2.10. The van der Waals surface area contributed by atoms with Crippen molar-refractivity contribution in [1.82, 2.24) is 15.6 Å². The number of amides is 2. The fourth-order valence-corrected chi connectivity index (χ4v) is 1.86. The third kappa shape index (κ3) is 3.28. The molecule has 0 radical (unpaired) electrons. The second-order valence-corrected chi connectivity index (χ2v) is 4.56. The lowest BCUT2D eigenvalue weighted by Gasteiger charge is -2.04. The summed E-state index contributed by atoms with van der Waals surface area (Å²) < 4.78 is 0. The number of aromatic nitrogens is 1. The number of rotatable bonds is 5. The first-order chi connectivity index (χ1) is 9.60. The van der Waals surface area contributed by atoms with Crippen molar-refractivity contribution < 1.29 is 9.59 Å². The van der Waals surface area contributed by atoms with Crippen LogP contribution in [0.25, 0.3) is 10.9 Å². The van der Waals surface area contributed by atoms with Crippen LogP contribution in [-0.2, 0) is 4.79 Å². The van der Waals surface area contributed by atoms with Gasteiger partial charge in [0.1, 0.15) is 5.69 Å². The van der Waals surface area contributed by atoms with E-state index in [1.54, 1.807) is 18.2 Å². The number of nitrogen functional groups attached to an aromatic ring is 1. The maximum Gasteiger partial charge on any atom is 0.268 e. The van der Waals surface area contributed by atoms with Crippen molar-refractivity contribution in [3.63, 3.8) is 0 Å². The standard InChI is InChI=1S/C14H18N4O2/c1-2-5-16-13(19)8-17-14(20)12-7-9-6-10(15)3-4-11(9)18-12/h3-4,6-7,18H,2,5,8,15H2,1H3,(H,16,19)(H,17,20). The van der Waals surface area contributed by atoms with E-state index in [1.165, 1.54) is 0 Å². The minimum Gasteiger partial charge on any atom is -0.399 e. The summed E-state index contributed by atoms with van der Waals surface area (Å²) in [5.41, 5.74) is 7.57. The van der Waals surface area contributed by atoms with E-state index in [4.69, 9.17) is 5.73 Å². The average molecular weight is 274 g/mol. The van der Waals surface area contributed by atoms with Gasteiger partial charge in [-0.15, -0.1) is 0 Å². The molecule has 0 fully saturated rings. The molecule has 0 aliphatic carbocycles. The van der Waals surface area contributed by atoms with E-state index in [1.807, 2.05) is 13.0 Å². The molecule has 5 N–H and O–H groups in total. The van der Waals surface area contributed by atoms with Crippen molar-refractivity contribution in [2.45, 2.75) is 13.3 Å². The summed E-state index contributed by atoms with van der Waals surface area (Å²) in [5, 5.41) is 6.13. The van der Waals surface area contributed by atoms with E-state index in [9.17, 15) is 9.59 Å². The van der Waals surface area contributed by atoms with Crippen molar-refractivity contribution in [2.75, 3.05) is 18.8 Å². The quantitative estimate of drug-likeness (QED) is 0.612. The van der Waals surface area contributed by atoms with Gasteiger partial charge in [0.05, 0.1) is 6.54 Å². The van der Waals surface area contributed by atoms with Gasteiger partial charge in [0.15, 0.2) is 0 Å². The van der Waals surface area contributed by atoms with Crippen LogP contribution in [0.4, 0.5) is 5.69 Å². The van der Waals surface area contributed by atoms with Gasteiger partial charge in [0.2, 0.25) is 5.91 Å². The van der Waals surface area contributed by atoms with Crippen LogP contribution in [0.3, 0.4) is 0 Å². The number of benzene rings is 1. The normalized spacial score (nSPS) is 10.4. The van der Waals surface area contributed by atoms with Gasteiger partial charge < -0.3 is 21.4 Å². The third-order valence-corrected chi connectivity index (χ3v) is 2.87. The maximum absolute atomic E-state index is 11.9. The highest BCUT2D eigenvalue weighted by molar-refractivity contribution is 5.99. The molecule has 20 heavy (non-hydrogen) atoms. The Labute approximate surface area is 116 Å². The van der Waals surface area contributed by atoms with Gasteiger partial charge in [-0.25, -0.2) is 0 Å². The topological polar surface area (TPSA) is 100 Å². The van der Waals surface area contributed by atoms with Gasteiger partial charge >= 0.3 is 0 Å². The summed E-state index contributed by atoms with van der Waals surface area (Å²) in [6.45, 7) is 2.55. The van der Waals surface area contributed by atoms with Crippen LogP contribution in [0, 0.1) is 0 Å². The molecule has 2 rings (SSSR count). The van der Waals surface area contributed by atoms with Gasteiger partial charge in [-0.2, -0.15) is 0 Å². The Morgan fingerprint density at radius 1 is 1.25 bits per heavy atom. The number of carbonyl (C=O) groups excluding carboxylic acids is 2. The zero-order chi connectivity index (χ0) is 14.5. The SMILES string of the molecule is CCCNC(=O)CNC(=O)c1cc2cc(N)ccc2[nH]1. The summed E-state index contributed by atoms with van der Waals surface area (Å²) >= 11 is 0. The Kier molecular flexibility index (Phi) is 4.24. The van der Waals surface area contributed by atoms with Gasteiger partial charge in [-0.05, 0) is 30.7 Å². The van der Waals surface area contributed by atoms with Crippen LogP contribution in [-0.4, -0.2) is 29.9 Å². The number of nitrogens with two attached hydrogens (primary N) is 1. The van der Waals surface area contributed by atoms with Gasteiger partial charge in [-0.3, -0.25) is 9.59 Å². The number of hydrogen-bond donors (Lipinski definition) is 4. The molecular weight excluding hydrogens is 256 g/mol. The van der Waals surface area contributed by atoms with Crippen LogP contribution in [0.15, 0.2) is 24.3 Å². The summed E-state index contributed by atoms with van der Waals surface area (Å²) in [4.78, 5) is 26.3. The maximum atomic E-state index is 11.9. The predicted octanol–water partition coefficient (Wildman–Crippen LogP) is 1.01. The third-order valence-electron chi connectivity index (χ3n) is 2.87. The number of carbonyl (C=O) groups is 2. The molecule has 0 atom stereocenters. The van der Waals surface area contributed by atoms with E-state index in [2.05, 4.69) is 15.6 Å². The first-order valence-electron chi connectivity index (χ1n) is 6.53. The molecule has 0 saturated carbocycles. The Bertz CT molecular complexity index is 633. The average Bonchev–Trinajstić information content (AvgIpc) is 2.85. The number of fused-ring (bicyclic) bond motifs is 1. The minimum atomic E-state index is -0.314. The van der Waals surface area contributed by atoms with Crippen LogP contribution in [0.1, 0.15) is 23.8 Å². The fraction of sp³-hybridized carbons (Fsp3) is 0.286. The van der Waals surface area contributed by atoms with Crippen LogP contribution in [0.2, 0.25) is 0 Å². The van der Waals surface area contributed by atoms with E-state index in [0.29, 0.717) is 17.9 Å².